The van der Waals surface area contributed by atoms with Crippen molar-refractivity contribution in [1.29, 1.82) is 0 Å². The Kier molecular flexibility index (Phi) is 7.58. The number of amides is 1. The molecule has 7 nitrogen and oxygen atoms in total. The molecule has 2 saturated heterocycles. The summed E-state index contributed by atoms with van der Waals surface area (Å²) in [5, 5.41) is 6.15. The first-order valence-corrected chi connectivity index (χ1v) is 11.3. The van der Waals surface area contributed by atoms with Crippen LogP contribution in [0.25, 0.3) is 0 Å². The Morgan fingerprint density at radius 2 is 2.08 bits per heavy atom. The predicted molar refractivity (Wildman–Crippen MR) is 114 cm³/mol. The molecule has 2 N–H and O–H groups in total. The second kappa shape index (κ2) is 9.07. The molecule has 1 atom stereocenters. The lowest BCUT2D eigenvalue weighted by atomic mass is 9.68. The molecule has 1 saturated carbocycles. The Hall–Kier alpha value is -0.580. The maximum Gasteiger partial charge on any atom is 0.222 e. The molecule has 9 heteroatoms. The average molecular weight is 498 g/mol. The number of hydrogen-bond donors (Lipinski definition) is 2. The van der Waals surface area contributed by atoms with Crippen LogP contribution in [0, 0.1) is 5.41 Å². The number of aliphatic imine (C=N–C) groups is 1. The van der Waals surface area contributed by atoms with Gasteiger partial charge in [-0.15, -0.1) is 24.0 Å². The summed E-state index contributed by atoms with van der Waals surface area (Å²) in [6.07, 6.45) is 6.07. The van der Waals surface area contributed by atoms with Gasteiger partial charge in [0.05, 0.1) is 18.1 Å². The molecule has 1 unspecified atom stereocenters. The summed E-state index contributed by atoms with van der Waals surface area (Å²) in [5.41, 5.74) is 0.515. The molecule has 0 aromatic carbocycles. The molecule has 0 radical (unpaired) electrons. The van der Waals surface area contributed by atoms with E-state index in [4.69, 9.17) is 0 Å². The van der Waals surface area contributed by atoms with Crippen LogP contribution in [0.1, 0.15) is 45.4 Å². The highest BCUT2D eigenvalue weighted by Crippen LogP contribution is 2.47. The van der Waals surface area contributed by atoms with Gasteiger partial charge in [0.2, 0.25) is 5.91 Å². The quantitative estimate of drug-likeness (QED) is 0.337. The number of guanidine groups is 1. The topological polar surface area (TPSA) is 90.9 Å². The van der Waals surface area contributed by atoms with Crippen molar-refractivity contribution in [3.8, 4) is 0 Å². The minimum atomic E-state index is -2.96. The zero-order chi connectivity index (χ0) is 17.9. The first kappa shape index (κ1) is 21.7. The molecule has 150 valence electrons. The van der Waals surface area contributed by atoms with Crippen molar-refractivity contribution in [2.75, 3.05) is 37.7 Å². The maximum absolute atomic E-state index is 12.0. The lowest BCUT2D eigenvalue weighted by Gasteiger charge is -2.38. The van der Waals surface area contributed by atoms with E-state index in [9.17, 15) is 13.2 Å². The lowest BCUT2D eigenvalue weighted by Crippen LogP contribution is -2.42. The summed E-state index contributed by atoms with van der Waals surface area (Å²) in [6.45, 7) is 5.41. The van der Waals surface area contributed by atoms with E-state index in [1.807, 2.05) is 0 Å². The number of nitrogens with one attached hydrogen (secondary N) is 2. The van der Waals surface area contributed by atoms with E-state index in [0.717, 1.165) is 25.6 Å². The Bertz CT molecular complexity index is 634. The fourth-order valence-electron chi connectivity index (χ4n) is 4.10. The summed E-state index contributed by atoms with van der Waals surface area (Å²) in [4.78, 5) is 19.0. The highest BCUT2D eigenvalue weighted by Gasteiger charge is 2.43. The second-order valence-corrected chi connectivity index (χ2v) is 9.91. The molecular formula is C17H31IN4O3S. The molecule has 26 heavy (non-hydrogen) atoms. The number of sulfone groups is 1. The normalized spacial score (nSPS) is 26.3. The van der Waals surface area contributed by atoms with Crippen molar-refractivity contribution in [3.63, 3.8) is 0 Å². The number of hydrogen-bond acceptors (Lipinski definition) is 4. The highest BCUT2D eigenvalue weighted by molar-refractivity contribution is 14.0. The SMILES string of the molecule is CCNC(=NCCC(=O)NC1CCS(=O)(=O)C1)N1CCC2(CCC2)C1.I. The molecule has 1 amide bonds. The van der Waals surface area contributed by atoms with Crippen LogP contribution in [0.4, 0.5) is 0 Å². The summed E-state index contributed by atoms with van der Waals surface area (Å²) in [7, 11) is -2.96. The van der Waals surface area contributed by atoms with Gasteiger partial charge in [-0.2, -0.15) is 0 Å². The number of carbonyl (C=O) groups excluding carboxylic acids is 1. The van der Waals surface area contributed by atoms with Crippen molar-refractivity contribution < 1.29 is 13.2 Å². The van der Waals surface area contributed by atoms with Gasteiger partial charge in [0.25, 0.3) is 0 Å². The van der Waals surface area contributed by atoms with E-state index >= 15 is 0 Å². The molecule has 3 rings (SSSR count). The number of halogens is 1. The third-order valence-corrected chi connectivity index (χ3v) is 7.45. The molecule has 0 bridgehead atoms. The number of carbonyl (C=O) groups is 1. The lowest BCUT2D eigenvalue weighted by molar-refractivity contribution is -0.121. The largest absolute Gasteiger partial charge is 0.357 e. The molecule has 3 fully saturated rings. The van der Waals surface area contributed by atoms with Gasteiger partial charge in [-0.1, -0.05) is 6.42 Å². The van der Waals surface area contributed by atoms with Gasteiger partial charge in [0.15, 0.2) is 15.8 Å². The van der Waals surface area contributed by atoms with Crippen LogP contribution < -0.4 is 10.6 Å². The molecule has 2 heterocycles. The van der Waals surface area contributed by atoms with Crippen LogP contribution in [0.3, 0.4) is 0 Å². The number of nitrogens with zero attached hydrogens (tertiary/aromatic N) is 2. The molecule has 0 aromatic heterocycles. The van der Waals surface area contributed by atoms with Gasteiger partial charge in [-0.05, 0) is 38.0 Å². The first-order chi connectivity index (χ1) is 11.9. The smallest absolute Gasteiger partial charge is 0.222 e. The van der Waals surface area contributed by atoms with Crippen LogP contribution in [-0.4, -0.2) is 68.9 Å². The standard InChI is InChI=1S/C17H30N4O3S.HI/c1-2-18-16(21-10-8-17(13-21)6-3-7-17)19-9-4-15(22)20-14-5-11-25(23,24)12-14;/h14H,2-13H2,1H3,(H,18,19)(H,20,22);1H. The van der Waals surface area contributed by atoms with Gasteiger partial charge < -0.3 is 15.5 Å². The van der Waals surface area contributed by atoms with E-state index in [2.05, 4.69) is 27.4 Å². The van der Waals surface area contributed by atoms with Crippen molar-refractivity contribution >= 4 is 45.7 Å². The maximum atomic E-state index is 12.0. The average Bonchev–Trinajstić information content (AvgIpc) is 3.10. The third kappa shape index (κ3) is 5.46. The first-order valence-electron chi connectivity index (χ1n) is 9.44. The van der Waals surface area contributed by atoms with Gasteiger partial charge >= 0.3 is 0 Å². The van der Waals surface area contributed by atoms with Crippen LogP contribution in [0.5, 0.6) is 0 Å². The van der Waals surface area contributed by atoms with Gasteiger partial charge in [-0.25, -0.2) is 8.42 Å². The Morgan fingerprint density at radius 1 is 1.31 bits per heavy atom. The highest BCUT2D eigenvalue weighted by atomic mass is 127. The number of rotatable bonds is 5. The Labute approximate surface area is 173 Å². The van der Waals surface area contributed by atoms with E-state index in [1.165, 1.54) is 25.7 Å². The van der Waals surface area contributed by atoms with Gasteiger partial charge in [0, 0.05) is 32.1 Å². The Morgan fingerprint density at radius 3 is 2.62 bits per heavy atom. The van der Waals surface area contributed by atoms with Crippen molar-refractivity contribution in [2.45, 2.75) is 51.5 Å². The summed E-state index contributed by atoms with van der Waals surface area (Å²) >= 11 is 0. The predicted octanol–water partition coefficient (Wildman–Crippen LogP) is 1.14. The summed E-state index contributed by atoms with van der Waals surface area (Å²) < 4.78 is 22.9. The van der Waals surface area contributed by atoms with E-state index in [0.29, 0.717) is 24.8 Å². The second-order valence-electron chi connectivity index (χ2n) is 7.68. The molecule has 1 aliphatic carbocycles. The molecule has 3 aliphatic rings. The van der Waals surface area contributed by atoms with E-state index < -0.39 is 9.84 Å². The molecule has 2 aliphatic heterocycles. The fourth-order valence-corrected chi connectivity index (χ4v) is 5.77. The van der Waals surface area contributed by atoms with Crippen LogP contribution in [-0.2, 0) is 14.6 Å². The molecule has 0 aromatic rings. The van der Waals surface area contributed by atoms with Crippen LogP contribution >= 0.6 is 24.0 Å². The van der Waals surface area contributed by atoms with Gasteiger partial charge in [0.1, 0.15) is 0 Å². The van der Waals surface area contributed by atoms with Gasteiger partial charge in [-0.3, -0.25) is 9.79 Å². The zero-order valence-electron chi connectivity index (χ0n) is 15.5. The minimum Gasteiger partial charge on any atom is -0.357 e. The summed E-state index contributed by atoms with van der Waals surface area (Å²) in [6, 6.07) is -0.230. The molecular weight excluding hydrogens is 467 g/mol. The third-order valence-electron chi connectivity index (χ3n) is 5.68. The molecule has 1 spiro atoms. The van der Waals surface area contributed by atoms with Crippen LogP contribution in [0.15, 0.2) is 4.99 Å². The summed E-state index contributed by atoms with van der Waals surface area (Å²) in [5.74, 6) is 1.04. The van der Waals surface area contributed by atoms with Crippen molar-refractivity contribution in [2.24, 2.45) is 10.4 Å². The fraction of sp³-hybridized carbons (Fsp3) is 0.882. The monoisotopic (exact) mass is 498 g/mol. The number of likely N-dealkylation sites (tertiary alicyclic amines) is 1. The minimum absolute atomic E-state index is 0. The Balaban J connectivity index is 0.00000243. The van der Waals surface area contributed by atoms with Crippen molar-refractivity contribution in [1.82, 2.24) is 15.5 Å². The van der Waals surface area contributed by atoms with E-state index in [-0.39, 0.29) is 47.4 Å². The van der Waals surface area contributed by atoms with E-state index in [1.54, 1.807) is 0 Å². The van der Waals surface area contributed by atoms with Crippen LogP contribution in [0.2, 0.25) is 0 Å². The zero-order valence-corrected chi connectivity index (χ0v) is 18.6. The van der Waals surface area contributed by atoms with Crippen molar-refractivity contribution in [3.05, 3.63) is 0 Å².